The maximum Gasteiger partial charge on any atom is 0.254 e. The maximum atomic E-state index is 12.2. The lowest BCUT2D eigenvalue weighted by Gasteiger charge is -2.13. The highest BCUT2D eigenvalue weighted by Crippen LogP contribution is 2.12. The van der Waals surface area contributed by atoms with Gasteiger partial charge in [0.25, 0.3) is 5.91 Å². The summed E-state index contributed by atoms with van der Waals surface area (Å²) in [5, 5.41) is 7.10. The Kier molecular flexibility index (Phi) is 4.73. The van der Waals surface area contributed by atoms with Gasteiger partial charge in [-0.2, -0.15) is 11.3 Å². The summed E-state index contributed by atoms with van der Waals surface area (Å²) in [7, 11) is 0. The van der Waals surface area contributed by atoms with Crippen molar-refractivity contribution in [2.45, 2.75) is 19.4 Å². The number of nitrogens with zero attached hydrogens (tertiary/aromatic N) is 3. The van der Waals surface area contributed by atoms with Gasteiger partial charge in [-0.15, -0.1) is 0 Å². The number of hydrogen-bond donors (Lipinski definition) is 1. The van der Waals surface area contributed by atoms with Gasteiger partial charge < -0.3 is 5.32 Å². The highest BCUT2D eigenvalue weighted by Gasteiger charge is 2.12. The number of aromatic nitrogens is 3. The smallest absolute Gasteiger partial charge is 0.254 e. The Hall–Kier alpha value is -2.60. The summed E-state index contributed by atoms with van der Waals surface area (Å²) in [6, 6.07) is 5.82. The van der Waals surface area contributed by atoms with E-state index in [-0.39, 0.29) is 11.9 Å². The Bertz CT molecular complexity index is 757. The molecule has 6 heteroatoms. The van der Waals surface area contributed by atoms with E-state index in [0.29, 0.717) is 11.4 Å². The van der Waals surface area contributed by atoms with Crippen LogP contribution in [0.2, 0.25) is 0 Å². The number of pyridine rings is 1. The second-order valence-corrected chi connectivity index (χ2v) is 6.03. The van der Waals surface area contributed by atoms with Crippen LogP contribution in [0.1, 0.15) is 22.8 Å². The molecule has 5 nitrogen and oxygen atoms in total. The summed E-state index contributed by atoms with van der Waals surface area (Å²) in [6.45, 7) is 1.99. The molecule has 1 unspecified atom stereocenters. The van der Waals surface area contributed by atoms with E-state index in [1.165, 1.54) is 5.56 Å². The van der Waals surface area contributed by atoms with Crippen LogP contribution in [0.15, 0.2) is 53.7 Å². The van der Waals surface area contributed by atoms with E-state index in [1.54, 1.807) is 36.1 Å². The van der Waals surface area contributed by atoms with E-state index >= 15 is 0 Å². The van der Waals surface area contributed by atoms with Crippen molar-refractivity contribution in [2.75, 3.05) is 0 Å². The molecule has 3 heterocycles. The van der Waals surface area contributed by atoms with Crippen LogP contribution in [0.3, 0.4) is 0 Å². The average Bonchev–Trinajstić information content (AvgIpc) is 3.08. The lowest BCUT2D eigenvalue weighted by atomic mass is 10.1. The minimum absolute atomic E-state index is 0.0510. The predicted molar refractivity (Wildman–Crippen MR) is 90.2 cm³/mol. The largest absolute Gasteiger partial charge is 0.349 e. The number of thiophene rings is 1. The minimum Gasteiger partial charge on any atom is -0.349 e. The second-order valence-electron chi connectivity index (χ2n) is 5.25. The van der Waals surface area contributed by atoms with Gasteiger partial charge in [0.05, 0.1) is 5.56 Å². The van der Waals surface area contributed by atoms with Gasteiger partial charge in [0.15, 0.2) is 5.82 Å². The fourth-order valence-corrected chi connectivity index (χ4v) is 2.89. The summed E-state index contributed by atoms with van der Waals surface area (Å²) >= 11 is 1.66. The quantitative estimate of drug-likeness (QED) is 0.783. The summed E-state index contributed by atoms with van der Waals surface area (Å²) in [5.74, 6) is 0.395. The molecule has 0 spiro atoms. The highest BCUT2D eigenvalue weighted by atomic mass is 32.1. The normalized spacial score (nSPS) is 11.9. The molecule has 1 N–H and O–H groups in total. The van der Waals surface area contributed by atoms with Crippen LogP contribution in [0.4, 0.5) is 0 Å². The van der Waals surface area contributed by atoms with Crippen LogP contribution in [0.25, 0.3) is 11.4 Å². The van der Waals surface area contributed by atoms with Crippen molar-refractivity contribution in [3.63, 3.8) is 0 Å². The van der Waals surface area contributed by atoms with Crippen LogP contribution in [-0.4, -0.2) is 26.9 Å². The highest BCUT2D eigenvalue weighted by molar-refractivity contribution is 7.07. The lowest BCUT2D eigenvalue weighted by molar-refractivity contribution is 0.0939. The Morgan fingerprint density at radius 3 is 2.74 bits per heavy atom. The molecule has 0 aliphatic rings. The van der Waals surface area contributed by atoms with Crippen LogP contribution in [0, 0.1) is 0 Å². The van der Waals surface area contributed by atoms with Crippen molar-refractivity contribution >= 4 is 17.2 Å². The zero-order chi connectivity index (χ0) is 16.1. The summed E-state index contributed by atoms with van der Waals surface area (Å²) in [4.78, 5) is 24.8. The topological polar surface area (TPSA) is 67.8 Å². The fraction of sp³-hybridized carbons (Fsp3) is 0.176. The van der Waals surface area contributed by atoms with E-state index in [4.69, 9.17) is 0 Å². The molecule has 0 aliphatic carbocycles. The molecule has 23 heavy (non-hydrogen) atoms. The molecule has 0 fully saturated rings. The molecule has 3 rings (SSSR count). The first kappa shape index (κ1) is 15.3. The van der Waals surface area contributed by atoms with Gasteiger partial charge in [-0.1, -0.05) is 0 Å². The van der Waals surface area contributed by atoms with Crippen molar-refractivity contribution < 1.29 is 4.79 Å². The van der Waals surface area contributed by atoms with Crippen molar-refractivity contribution in [3.8, 4) is 11.4 Å². The van der Waals surface area contributed by atoms with Crippen molar-refractivity contribution in [2.24, 2.45) is 0 Å². The van der Waals surface area contributed by atoms with Gasteiger partial charge in [0, 0.05) is 36.4 Å². The van der Waals surface area contributed by atoms with Crippen LogP contribution in [-0.2, 0) is 6.42 Å². The monoisotopic (exact) mass is 324 g/mol. The third kappa shape index (κ3) is 3.98. The number of amides is 1. The second kappa shape index (κ2) is 7.11. The Morgan fingerprint density at radius 2 is 2.09 bits per heavy atom. The molecule has 1 amide bonds. The van der Waals surface area contributed by atoms with Gasteiger partial charge in [-0.25, -0.2) is 9.97 Å². The van der Waals surface area contributed by atoms with E-state index in [2.05, 4.69) is 31.7 Å². The zero-order valence-electron chi connectivity index (χ0n) is 12.6. The first-order chi connectivity index (χ1) is 11.2. The van der Waals surface area contributed by atoms with E-state index in [1.807, 2.05) is 24.4 Å². The van der Waals surface area contributed by atoms with Gasteiger partial charge in [0.2, 0.25) is 0 Å². The third-order valence-electron chi connectivity index (χ3n) is 3.33. The number of nitrogens with one attached hydrogen (secondary N) is 1. The fourth-order valence-electron chi connectivity index (χ4n) is 2.21. The summed E-state index contributed by atoms with van der Waals surface area (Å²) in [6.07, 6.45) is 7.28. The molecule has 0 radical (unpaired) electrons. The molecule has 0 bridgehead atoms. The van der Waals surface area contributed by atoms with Crippen LogP contribution in [0.5, 0.6) is 0 Å². The van der Waals surface area contributed by atoms with Gasteiger partial charge >= 0.3 is 0 Å². The van der Waals surface area contributed by atoms with Gasteiger partial charge in [-0.05, 0) is 47.9 Å². The number of hydrogen-bond acceptors (Lipinski definition) is 5. The molecule has 0 saturated heterocycles. The van der Waals surface area contributed by atoms with Crippen molar-refractivity contribution in [1.82, 2.24) is 20.3 Å². The molecule has 1 atom stereocenters. The average molecular weight is 324 g/mol. The first-order valence-electron chi connectivity index (χ1n) is 7.27. The molecule has 116 valence electrons. The Morgan fingerprint density at radius 1 is 1.26 bits per heavy atom. The SMILES string of the molecule is CC(Cc1ccsc1)NC(=O)c1cnc(-c2cccnc2)nc1. The van der Waals surface area contributed by atoms with E-state index in [9.17, 15) is 4.79 Å². The minimum atomic E-state index is -0.162. The predicted octanol–water partition coefficient (Wildman–Crippen LogP) is 2.96. The Balaban J connectivity index is 1.63. The summed E-state index contributed by atoms with van der Waals surface area (Å²) < 4.78 is 0. The first-order valence-corrected chi connectivity index (χ1v) is 8.21. The molecule has 0 aliphatic heterocycles. The van der Waals surface area contributed by atoms with Crippen molar-refractivity contribution in [1.29, 1.82) is 0 Å². The maximum absolute atomic E-state index is 12.2. The molecular weight excluding hydrogens is 308 g/mol. The van der Waals surface area contributed by atoms with Crippen LogP contribution >= 0.6 is 11.3 Å². The third-order valence-corrected chi connectivity index (χ3v) is 4.07. The number of carbonyl (C=O) groups is 1. The summed E-state index contributed by atoms with van der Waals surface area (Å²) in [5.41, 5.74) is 2.51. The molecule has 3 aromatic heterocycles. The van der Waals surface area contributed by atoms with E-state index in [0.717, 1.165) is 12.0 Å². The van der Waals surface area contributed by atoms with Gasteiger partial charge in [0.1, 0.15) is 0 Å². The molecular formula is C17H16N4OS. The lowest BCUT2D eigenvalue weighted by Crippen LogP contribution is -2.34. The standard InChI is InChI=1S/C17H16N4OS/c1-12(7-13-4-6-23-11-13)21-17(22)15-9-19-16(20-10-15)14-3-2-5-18-8-14/h2-6,8-12H,7H2,1H3,(H,21,22). The zero-order valence-corrected chi connectivity index (χ0v) is 13.5. The van der Waals surface area contributed by atoms with Crippen LogP contribution < -0.4 is 5.32 Å². The molecule has 0 saturated carbocycles. The Labute approximate surface area is 138 Å². The number of rotatable bonds is 5. The van der Waals surface area contributed by atoms with Gasteiger partial charge in [-0.3, -0.25) is 9.78 Å². The molecule has 3 aromatic rings. The van der Waals surface area contributed by atoms with Crippen molar-refractivity contribution in [3.05, 3.63) is 64.9 Å². The number of carbonyl (C=O) groups excluding carboxylic acids is 1. The molecule has 0 aromatic carbocycles. The van der Waals surface area contributed by atoms with E-state index < -0.39 is 0 Å².